The summed E-state index contributed by atoms with van der Waals surface area (Å²) in [5.41, 5.74) is 0. The van der Waals surface area contributed by atoms with Gasteiger partial charge in [-0.05, 0) is 6.42 Å². The molecule has 1 rings (SSSR count). The molecule has 1 aliphatic rings. The van der Waals surface area contributed by atoms with Crippen molar-refractivity contribution in [2.24, 2.45) is 0 Å². The van der Waals surface area contributed by atoms with Gasteiger partial charge < -0.3 is 29.0 Å². The smallest absolute Gasteiger partial charge is 0.303 e. The van der Waals surface area contributed by atoms with Crippen LogP contribution < -0.4 is 5.32 Å². The average molecular weight is 474 g/mol. The molecule has 1 heterocycles. The molecule has 0 spiro atoms. The van der Waals surface area contributed by atoms with Gasteiger partial charge in [-0.25, -0.2) is 0 Å². The first-order valence-electron chi connectivity index (χ1n) is 11.7. The molecule has 5 atom stereocenters. The number of ether oxygens (including phenoxy) is 5. The van der Waals surface area contributed by atoms with E-state index in [9.17, 15) is 19.2 Å². The molecule has 0 aromatic heterocycles. The average Bonchev–Trinajstić information content (AvgIpc) is 2.71. The van der Waals surface area contributed by atoms with Gasteiger partial charge >= 0.3 is 17.9 Å². The Balaban J connectivity index is 2.95. The molecule has 1 saturated heterocycles. The van der Waals surface area contributed by atoms with E-state index in [2.05, 4.69) is 12.2 Å². The highest BCUT2D eigenvalue weighted by molar-refractivity contribution is 5.73. The first kappa shape index (κ1) is 28.8. The molecular formula is C23H39NO9. The Morgan fingerprint density at radius 3 is 1.91 bits per heavy atom. The first-order chi connectivity index (χ1) is 15.6. The molecule has 1 fully saturated rings. The summed E-state index contributed by atoms with van der Waals surface area (Å²) in [6.45, 7) is 7.25. The van der Waals surface area contributed by atoms with Gasteiger partial charge in [0.1, 0.15) is 18.8 Å². The number of nitrogens with one attached hydrogen (secondary N) is 1. The summed E-state index contributed by atoms with van der Waals surface area (Å²) in [6, 6.07) is -0.922. The van der Waals surface area contributed by atoms with Crippen LogP contribution in [0, 0.1) is 0 Å². The van der Waals surface area contributed by atoms with Crippen LogP contribution in [0.4, 0.5) is 0 Å². The maximum atomic E-state index is 11.9. The Labute approximate surface area is 196 Å². The third-order valence-corrected chi connectivity index (χ3v) is 5.10. The minimum atomic E-state index is -1.11. The molecule has 0 unspecified atom stereocenters. The fourth-order valence-corrected chi connectivity index (χ4v) is 3.69. The van der Waals surface area contributed by atoms with Crippen molar-refractivity contribution in [2.75, 3.05) is 13.2 Å². The third-order valence-electron chi connectivity index (χ3n) is 5.10. The molecule has 0 radical (unpaired) electrons. The number of hydrogen-bond donors (Lipinski definition) is 1. The van der Waals surface area contributed by atoms with Crippen LogP contribution in [0.3, 0.4) is 0 Å². The molecule has 33 heavy (non-hydrogen) atoms. The van der Waals surface area contributed by atoms with E-state index in [1.807, 2.05) is 0 Å². The highest BCUT2D eigenvalue weighted by Crippen LogP contribution is 2.28. The van der Waals surface area contributed by atoms with Crippen LogP contribution in [-0.2, 0) is 42.9 Å². The van der Waals surface area contributed by atoms with E-state index in [0.717, 1.165) is 19.3 Å². The topological polar surface area (TPSA) is 126 Å². The normalized spacial score (nSPS) is 24.6. The van der Waals surface area contributed by atoms with E-state index in [1.165, 1.54) is 53.4 Å². The van der Waals surface area contributed by atoms with Crippen LogP contribution in [0.15, 0.2) is 0 Å². The van der Waals surface area contributed by atoms with E-state index in [-0.39, 0.29) is 6.61 Å². The minimum Gasteiger partial charge on any atom is -0.463 e. The van der Waals surface area contributed by atoms with Crippen molar-refractivity contribution in [3.8, 4) is 0 Å². The molecule has 1 aliphatic heterocycles. The molecule has 1 amide bonds. The maximum Gasteiger partial charge on any atom is 0.303 e. The van der Waals surface area contributed by atoms with E-state index in [4.69, 9.17) is 23.7 Å². The number of unbranched alkanes of at least 4 members (excludes halogenated alkanes) is 6. The monoisotopic (exact) mass is 473 g/mol. The van der Waals surface area contributed by atoms with Gasteiger partial charge in [0.25, 0.3) is 0 Å². The van der Waals surface area contributed by atoms with Gasteiger partial charge in [0, 0.05) is 34.3 Å². The fourth-order valence-electron chi connectivity index (χ4n) is 3.69. The van der Waals surface area contributed by atoms with Crippen LogP contribution in [0.1, 0.15) is 79.6 Å². The second kappa shape index (κ2) is 15.6. The molecule has 10 heteroatoms. The largest absolute Gasteiger partial charge is 0.463 e. The lowest BCUT2D eigenvalue weighted by Crippen LogP contribution is -2.66. The molecule has 0 aliphatic carbocycles. The van der Waals surface area contributed by atoms with Gasteiger partial charge in [-0.15, -0.1) is 0 Å². The van der Waals surface area contributed by atoms with Gasteiger partial charge in [0.05, 0.1) is 0 Å². The zero-order chi connectivity index (χ0) is 24.8. The quantitative estimate of drug-likeness (QED) is 0.230. The Morgan fingerprint density at radius 1 is 0.788 bits per heavy atom. The molecule has 0 aromatic carbocycles. The lowest BCUT2D eigenvalue weighted by Gasteiger charge is -2.44. The number of rotatable bonds is 14. The molecule has 0 bridgehead atoms. The molecule has 1 N–H and O–H groups in total. The molecular weight excluding hydrogens is 434 g/mol. The standard InChI is InChI=1S/C23H39NO9/c1-6-7-8-9-10-11-12-13-29-23-20(24-15(2)25)22(32-18(5)28)21(31-17(4)27)19(33-23)14-30-16(3)26/h19-23H,6-14H2,1-5H3,(H,24,25)/t19-,20-,21-,22-,23-/m0/s1. The molecule has 190 valence electrons. The van der Waals surface area contributed by atoms with E-state index >= 15 is 0 Å². The van der Waals surface area contributed by atoms with Crippen LogP contribution in [0.5, 0.6) is 0 Å². The van der Waals surface area contributed by atoms with Crippen molar-refractivity contribution in [2.45, 2.75) is 110 Å². The summed E-state index contributed by atoms with van der Waals surface area (Å²) in [5, 5.41) is 2.69. The Kier molecular flexibility index (Phi) is 13.6. The van der Waals surface area contributed by atoms with Crippen LogP contribution in [-0.4, -0.2) is 67.7 Å². The van der Waals surface area contributed by atoms with Crippen molar-refractivity contribution in [3.05, 3.63) is 0 Å². The maximum absolute atomic E-state index is 11.9. The van der Waals surface area contributed by atoms with Gasteiger partial charge in [-0.1, -0.05) is 45.4 Å². The lowest BCUT2D eigenvalue weighted by atomic mass is 9.96. The van der Waals surface area contributed by atoms with Crippen LogP contribution in [0.2, 0.25) is 0 Å². The Morgan fingerprint density at radius 2 is 1.36 bits per heavy atom. The molecule has 0 aromatic rings. The predicted octanol–water partition coefficient (Wildman–Crippen LogP) is 2.41. The van der Waals surface area contributed by atoms with E-state index < -0.39 is 54.5 Å². The summed E-state index contributed by atoms with van der Waals surface area (Å²) in [7, 11) is 0. The predicted molar refractivity (Wildman–Crippen MR) is 118 cm³/mol. The highest BCUT2D eigenvalue weighted by Gasteiger charge is 2.51. The van der Waals surface area contributed by atoms with Gasteiger partial charge in [-0.2, -0.15) is 0 Å². The summed E-state index contributed by atoms with van der Waals surface area (Å²) in [5.74, 6) is -2.22. The van der Waals surface area contributed by atoms with Gasteiger partial charge in [0.15, 0.2) is 18.5 Å². The minimum absolute atomic E-state index is 0.241. The van der Waals surface area contributed by atoms with Crippen molar-refractivity contribution >= 4 is 23.8 Å². The number of amides is 1. The second-order valence-corrected chi connectivity index (χ2v) is 8.21. The lowest BCUT2D eigenvalue weighted by molar-refractivity contribution is -0.277. The van der Waals surface area contributed by atoms with Crippen molar-refractivity contribution in [3.63, 3.8) is 0 Å². The summed E-state index contributed by atoms with van der Waals surface area (Å²) >= 11 is 0. The molecule has 0 saturated carbocycles. The van der Waals surface area contributed by atoms with Crippen molar-refractivity contribution in [1.29, 1.82) is 0 Å². The third kappa shape index (κ3) is 11.5. The summed E-state index contributed by atoms with van der Waals surface area (Å²) < 4.78 is 27.7. The number of carbonyl (C=O) groups excluding carboxylic acids is 4. The van der Waals surface area contributed by atoms with Crippen molar-refractivity contribution < 1.29 is 42.9 Å². The summed E-state index contributed by atoms with van der Waals surface area (Å²) in [6.07, 6.45) is 3.54. The summed E-state index contributed by atoms with van der Waals surface area (Å²) in [4.78, 5) is 46.8. The van der Waals surface area contributed by atoms with Gasteiger partial charge in [0.2, 0.25) is 5.91 Å². The number of hydrogen-bond acceptors (Lipinski definition) is 9. The zero-order valence-corrected chi connectivity index (χ0v) is 20.4. The fraction of sp³-hybridized carbons (Fsp3) is 0.826. The zero-order valence-electron chi connectivity index (χ0n) is 20.4. The number of carbonyl (C=O) groups is 4. The SMILES string of the molecule is CCCCCCCCCO[C@H]1O[C@@H](COC(C)=O)[C@H](OC(C)=O)[C@@H](OC(C)=O)[C@@H]1NC(C)=O. The van der Waals surface area contributed by atoms with E-state index in [0.29, 0.717) is 6.61 Å². The Hall–Kier alpha value is -2.20. The Bertz CT molecular complexity index is 639. The van der Waals surface area contributed by atoms with Crippen LogP contribution >= 0.6 is 0 Å². The van der Waals surface area contributed by atoms with Gasteiger partial charge in [-0.3, -0.25) is 19.2 Å². The van der Waals surface area contributed by atoms with E-state index in [1.54, 1.807) is 0 Å². The first-order valence-corrected chi connectivity index (χ1v) is 11.7. The van der Waals surface area contributed by atoms with Crippen LogP contribution in [0.25, 0.3) is 0 Å². The second-order valence-electron chi connectivity index (χ2n) is 8.21. The molecule has 10 nitrogen and oxygen atoms in total. The van der Waals surface area contributed by atoms with Crippen molar-refractivity contribution in [1.82, 2.24) is 5.32 Å². The number of esters is 3. The highest BCUT2D eigenvalue weighted by atomic mass is 16.7.